The zero-order valence-electron chi connectivity index (χ0n) is 16.1. The van der Waals surface area contributed by atoms with E-state index in [1.807, 2.05) is 0 Å². The third kappa shape index (κ3) is 5.13. The Morgan fingerprint density at radius 2 is 1.89 bits per heavy atom. The Morgan fingerprint density at radius 1 is 1.18 bits per heavy atom. The van der Waals surface area contributed by atoms with Crippen LogP contribution in [0, 0.1) is 5.92 Å². The molecule has 1 aromatic carbocycles. The summed E-state index contributed by atoms with van der Waals surface area (Å²) in [5.41, 5.74) is 1.18. The van der Waals surface area contributed by atoms with Gasteiger partial charge in [-0.25, -0.2) is 4.79 Å². The van der Waals surface area contributed by atoms with Gasteiger partial charge in [-0.15, -0.1) is 0 Å². The Hall–Kier alpha value is -2.81. The maximum atomic E-state index is 12.4. The Balaban J connectivity index is 2.28. The van der Waals surface area contributed by atoms with Crippen molar-refractivity contribution in [2.45, 2.75) is 19.9 Å². The number of carbonyl (C=O) groups is 2. The minimum atomic E-state index is -0.678. The zero-order valence-corrected chi connectivity index (χ0v) is 16.9. The maximum absolute atomic E-state index is 12.4. The van der Waals surface area contributed by atoms with Crippen molar-refractivity contribution in [3.05, 3.63) is 36.0 Å². The third-order valence-electron chi connectivity index (χ3n) is 4.01. The molecule has 1 aliphatic heterocycles. The number of carbonyl (C=O) groups excluding carboxylic acids is 2. The summed E-state index contributed by atoms with van der Waals surface area (Å²) in [6.07, 6.45) is 0. The molecule has 1 fully saturated rings. The first-order valence-corrected chi connectivity index (χ1v) is 9.21. The van der Waals surface area contributed by atoms with Gasteiger partial charge in [0.25, 0.3) is 0 Å². The standard InChI is InChI=1S/C19H24N2O6S/c1-5-25-15(22)10-27-13-8-7-12(9-14(13)24-4)17-16(18(23)26-6-2)11(3)20-19(28)21-17/h7-9,16-17H,3,5-6,10H2,1-2,4H3,(H2,20,21,28). The number of thiocarbonyl (C=S) groups is 1. The SMILES string of the molecule is C=C1NC(=S)NC(c2ccc(OCC(=O)OCC)c(OC)c2)C1C(=O)OCC. The fourth-order valence-electron chi connectivity index (χ4n) is 2.81. The Kier molecular flexibility index (Phi) is 7.62. The minimum absolute atomic E-state index is 0.235. The summed E-state index contributed by atoms with van der Waals surface area (Å²) in [7, 11) is 1.48. The van der Waals surface area contributed by atoms with E-state index in [4.69, 9.17) is 31.2 Å². The fourth-order valence-corrected chi connectivity index (χ4v) is 3.07. The average molecular weight is 408 g/mol. The smallest absolute Gasteiger partial charge is 0.344 e. The van der Waals surface area contributed by atoms with Crippen molar-refractivity contribution >= 4 is 29.3 Å². The van der Waals surface area contributed by atoms with Crippen LogP contribution >= 0.6 is 12.2 Å². The number of ether oxygens (including phenoxy) is 4. The van der Waals surface area contributed by atoms with Crippen LogP contribution in [-0.4, -0.2) is 44.0 Å². The maximum Gasteiger partial charge on any atom is 0.344 e. The Bertz CT molecular complexity index is 767. The molecule has 2 rings (SSSR count). The van der Waals surface area contributed by atoms with Crippen molar-refractivity contribution in [3.63, 3.8) is 0 Å². The molecular formula is C19H24N2O6S. The average Bonchev–Trinajstić information content (AvgIpc) is 2.66. The lowest BCUT2D eigenvalue weighted by molar-refractivity contribution is -0.148. The predicted octanol–water partition coefficient (Wildman–Crippen LogP) is 1.85. The predicted molar refractivity (Wildman–Crippen MR) is 106 cm³/mol. The summed E-state index contributed by atoms with van der Waals surface area (Å²) in [4.78, 5) is 23.9. The monoisotopic (exact) mass is 408 g/mol. The highest BCUT2D eigenvalue weighted by Crippen LogP contribution is 2.35. The highest BCUT2D eigenvalue weighted by atomic mass is 32.1. The number of esters is 2. The molecular weight excluding hydrogens is 384 g/mol. The molecule has 28 heavy (non-hydrogen) atoms. The summed E-state index contributed by atoms with van der Waals surface area (Å²) in [6.45, 7) is 7.66. The van der Waals surface area contributed by atoms with E-state index in [0.717, 1.165) is 5.56 Å². The molecule has 0 amide bonds. The second-order valence-electron chi connectivity index (χ2n) is 5.84. The van der Waals surface area contributed by atoms with Crippen molar-refractivity contribution in [3.8, 4) is 11.5 Å². The van der Waals surface area contributed by atoms with E-state index in [1.54, 1.807) is 32.0 Å². The van der Waals surface area contributed by atoms with Gasteiger partial charge in [0.2, 0.25) is 0 Å². The number of hydrogen-bond acceptors (Lipinski definition) is 7. The molecule has 0 radical (unpaired) electrons. The van der Waals surface area contributed by atoms with Crippen LogP contribution < -0.4 is 20.1 Å². The molecule has 1 heterocycles. The molecule has 8 nitrogen and oxygen atoms in total. The van der Waals surface area contributed by atoms with Crippen molar-refractivity contribution in [1.82, 2.24) is 10.6 Å². The molecule has 0 spiro atoms. The van der Waals surface area contributed by atoms with Gasteiger partial charge in [0.05, 0.1) is 26.4 Å². The normalized spacial score (nSPS) is 18.5. The number of rotatable bonds is 8. The number of nitrogens with one attached hydrogen (secondary N) is 2. The first kappa shape index (κ1) is 21.5. The highest BCUT2D eigenvalue weighted by molar-refractivity contribution is 7.80. The molecule has 1 aliphatic rings. The van der Waals surface area contributed by atoms with Crippen LogP contribution in [0.15, 0.2) is 30.5 Å². The van der Waals surface area contributed by atoms with Gasteiger partial charge in [-0.1, -0.05) is 12.6 Å². The number of methoxy groups -OCH3 is 1. The van der Waals surface area contributed by atoms with Gasteiger partial charge in [-0.3, -0.25) is 4.79 Å². The van der Waals surface area contributed by atoms with Gasteiger partial charge in [0.15, 0.2) is 23.2 Å². The van der Waals surface area contributed by atoms with Crippen molar-refractivity contribution in [2.24, 2.45) is 5.92 Å². The van der Waals surface area contributed by atoms with Crippen LogP contribution in [0.3, 0.4) is 0 Å². The molecule has 0 aliphatic carbocycles. The molecule has 2 atom stereocenters. The summed E-state index contributed by atoms with van der Waals surface area (Å²) >= 11 is 5.20. The quantitative estimate of drug-likeness (QED) is 0.493. The largest absolute Gasteiger partial charge is 0.493 e. The number of benzene rings is 1. The van der Waals surface area contributed by atoms with E-state index in [0.29, 0.717) is 22.3 Å². The van der Waals surface area contributed by atoms with Crippen molar-refractivity contribution in [2.75, 3.05) is 26.9 Å². The molecule has 0 aromatic heterocycles. The van der Waals surface area contributed by atoms with Crippen molar-refractivity contribution < 1.29 is 28.5 Å². The van der Waals surface area contributed by atoms with Crippen LogP contribution in [0.25, 0.3) is 0 Å². The molecule has 1 aromatic rings. The van der Waals surface area contributed by atoms with Crippen molar-refractivity contribution in [1.29, 1.82) is 0 Å². The van der Waals surface area contributed by atoms with E-state index in [-0.39, 0.29) is 19.8 Å². The van der Waals surface area contributed by atoms with Crippen LogP contribution in [-0.2, 0) is 19.1 Å². The summed E-state index contributed by atoms with van der Waals surface area (Å²) in [6, 6.07) is 4.64. The Morgan fingerprint density at radius 3 is 2.54 bits per heavy atom. The molecule has 0 saturated carbocycles. The second-order valence-corrected chi connectivity index (χ2v) is 6.24. The van der Waals surface area contributed by atoms with E-state index in [2.05, 4.69) is 17.2 Å². The Labute approximate surface area is 169 Å². The molecule has 9 heteroatoms. The van der Waals surface area contributed by atoms with Gasteiger partial charge < -0.3 is 29.6 Å². The summed E-state index contributed by atoms with van der Waals surface area (Å²) in [5.74, 6) is -0.787. The van der Waals surface area contributed by atoms with E-state index in [9.17, 15) is 9.59 Å². The molecule has 1 saturated heterocycles. The van der Waals surface area contributed by atoms with Crippen LogP contribution in [0.5, 0.6) is 11.5 Å². The molecule has 2 N–H and O–H groups in total. The highest BCUT2D eigenvalue weighted by Gasteiger charge is 2.38. The van der Waals surface area contributed by atoms with Gasteiger partial charge in [0, 0.05) is 5.70 Å². The van der Waals surface area contributed by atoms with Crippen LogP contribution in [0.2, 0.25) is 0 Å². The fraction of sp³-hybridized carbons (Fsp3) is 0.421. The zero-order chi connectivity index (χ0) is 20.7. The molecule has 2 unspecified atom stereocenters. The van der Waals surface area contributed by atoms with Gasteiger partial charge in [-0.05, 0) is 43.8 Å². The van der Waals surface area contributed by atoms with Gasteiger partial charge in [0.1, 0.15) is 5.92 Å². The lowest BCUT2D eigenvalue weighted by Crippen LogP contribution is -2.51. The lowest BCUT2D eigenvalue weighted by Gasteiger charge is -2.35. The van der Waals surface area contributed by atoms with Crippen LogP contribution in [0.1, 0.15) is 25.5 Å². The molecule has 0 bridgehead atoms. The van der Waals surface area contributed by atoms with E-state index >= 15 is 0 Å². The van der Waals surface area contributed by atoms with Gasteiger partial charge >= 0.3 is 11.9 Å². The number of hydrogen-bond donors (Lipinski definition) is 2. The minimum Gasteiger partial charge on any atom is -0.493 e. The summed E-state index contributed by atoms with van der Waals surface area (Å²) in [5, 5.41) is 6.31. The topological polar surface area (TPSA) is 95.1 Å². The van der Waals surface area contributed by atoms with Gasteiger partial charge in [-0.2, -0.15) is 0 Å². The first-order chi connectivity index (χ1) is 13.4. The van der Waals surface area contributed by atoms with E-state index in [1.165, 1.54) is 7.11 Å². The van der Waals surface area contributed by atoms with Crippen LogP contribution in [0.4, 0.5) is 0 Å². The first-order valence-electron chi connectivity index (χ1n) is 8.80. The second kappa shape index (κ2) is 9.93. The lowest BCUT2D eigenvalue weighted by atomic mass is 9.89. The summed E-state index contributed by atoms with van der Waals surface area (Å²) < 4.78 is 20.9. The molecule has 152 valence electrons. The van der Waals surface area contributed by atoms with E-state index < -0.39 is 23.9 Å². The third-order valence-corrected chi connectivity index (χ3v) is 4.23.